The Morgan fingerprint density at radius 3 is 2.30 bits per heavy atom. The molecule has 0 saturated carbocycles. The molecular weight excluding hydrogens is 382 g/mol. The second-order valence-electron chi connectivity index (χ2n) is 7.65. The standard InChI is InChI=1S/C23H27N3O4/c1-23(2,3)30-22(28)26-15-20(21(27)25-14-13-24)18-9-11-19(12-10-18)29-16-17-7-5-4-6-8-17/h4-12,20H,14-16H2,1-3H3,(H,25,27)(H,26,28). The summed E-state index contributed by atoms with van der Waals surface area (Å²) >= 11 is 0. The van der Waals surface area contributed by atoms with Gasteiger partial charge >= 0.3 is 6.09 Å². The van der Waals surface area contributed by atoms with Crippen molar-refractivity contribution >= 4 is 12.0 Å². The van der Waals surface area contributed by atoms with E-state index in [0.29, 0.717) is 17.9 Å². The Morgan fingerprint density at radius 2 is 1.70 bits per heavy atom. The van der Waals surface area contributed by atoms with Crippen LogP contribution < -0.4 is 15.4 Å². The summed E-state index contributed by atoms with van der Waals surface area (Å²) in [7, 11) is 0. The second-order valence-corrected chi connectivity index (χ2v) is 7.65. The van der Waals surface area contributed by atoms with E-state index in [9.17, 15) is 9.59 Å². The largest absolute Gasteiger partial charge is 0.489 e. The van der Waals surface area contributed by atoms with Gasteiger partial charge in [0.05, 0.1) is 12.0 Å². The average molecular weight is 409 g/mol. The first-order valence-corrected chi connectivity index (χ1v) is 9.66. The van der Waals surface area contributed by atoms with E-state index in [0.717, 1.165) is 5.56 Å². The fraction of sp³-hybridized carbons (Fsp3) is 0.348. The van der Waals surface area contributed by atoms with Gasteiger partial charge in [0.1, 0.15) is 24.5 Å². The Kier molecular flexibility index (Phi) is 8.24. The Bertz CT molecular complexity index is 868. The van der Waals surface area contributed by atoms with Crippen molar-refractivity contribution in [2.24, 2.45) is 0 Å². The van der Waals surface area contributed by atoms with Crippen LogP contribution in [0.2, 0.25) is 0 Å². The molecule has 0 bridgehead atoms. The molecule has 2 rings (SSSR count). The molecule has 0 saturated heterocycles. The molecule has 0 aliphatic carbocycles. The third-order valence-corrected chi connectivity index (χ3v) is 4.04. The summed E-state index contributed by atoms with van der Waals surface area (Å²) in [4.78, 5) is 24.5. The Labute approximate surface area is 177 Å². The highest BCUT2D eigenvalue weighted by Crippen LogP contribution is 2.21. The quantitative estimate of drug-likeness (QED) is 0.650. The number of hydrogen-bond acceptors (Lipinski definition) is 5. The highest BCUT2D eigenvalue weighted by Gasteiger charge is 2.23. The van der Waals surface area contributed by atoms with Crippen LogP contribution >= 0.6 is 0 Å². The zero-order valence-corrected chi connectivity index (χ0v) is 17.5. The van der Waals surface area contributed by atoms with E-state index in [1.807, 2.05) is 36.4 Å². The van der Waals surface area contributed by atoms with Gasteiger partial charge in [0.25, 0.3) is 0 Å². The van der Waals surface area contributed by atoms with Gasteiger partial charge in [-0.25, -0.2) is 4.79 Å². The first-order chi connectivity index (χ1) is 14.3. The van der Waals surface area contributed by atoms with E-state index in [1.54, 1.807) is 45.0 Å². The number of nitrogens with one attached hydrogen (secondary N) is 2. The molecule has 0 spiro atoms. The topological polar surface area (TPSA) is 100 Å². The number of hydrogen-bond donors (Lipinski definition) is 2. The van der Waals surface area contributed by atoms with Crippen molar-refractivity contribution < 1.29 is 19.1 Å². The van der Waals surface area contributed by atoms with Crippen molar-refractivity contribution in [3.8, 4) is 11.8 Å². The lowest BCUT2D eigenvalue weighted by molar-refractivity contribution is -0.122. The van der Waals surface area contributed by atoms with Gasteiger partial charge in [-0.15, -0.1) is 0 Å². The number of benzene rings is 2. The van der Waals surface area contributed by atoms with Gasteiger partial charge in [0.15, 0.2) is 0 Å². The number of carbonyl (C=O) groups excluding carboxylic acids is 2. The molecule has 2 amide bonds. The third-order valence-electron chi connectivity index (χ3n) is 4.04. The molecule has 0 aromatic heterocycles. The van der Waals surface area contributed by atoms with Gasteiger partial charge in [-0.05, 0) is 44.0 Å². The van der Waals surface area contributed by atoms with Crippen LogP contribution in [0.15, 0.2) is 54.6 Å². The molecule has 30 heavy (non-hydrogen) atoms. The van der Waals surface area contributed by atoms with Crippen molar-refractivity contribution in [1.29, 1.82) is 5.26 Å². The van der Waals surface area contributed by atoms with Crippen LogP contribution in [0.3, 0.4) is 0 Å². The Hall–Kier alpha value is -3.53. The lowest BCUT2D eigenvalue weighted by atomic mass is 9.98. The van der Waals surface area contributed by atoms with Gasteiger partial charge < -0.3 is 20.1 Å². The summed E-state index contributed by atoms with van der Waals surface area (Å²) < 4.78 is 11.0. The number of rotatable bonds is 8. The van der Waals surface area contributed by atoms with E-state index >= 15 is 0 Å². The predicted octanol–water partition coefficient (Wildman–Crippen LogP) is 3.51. The van der Waals surface area contributed by atoms with Crippen molar-refractivity contribution in [2.45, 2.75) is 38.9 Å². The number of amides is 2. The highest BCUT2D eigenvalue weighted by molar-refractivity contribution is 5.84. The predicted molar refractivity (Wildman–Crippen MR) is 113 cm³/mol. The minimum absolute atomic E-state index is 0.0381. The lowest BCUT2D eigenvalue weighted by Crippen LogP contribution is -2.39. The SMILES string of the molecule is CC(C)(C)OC(=O)NCC(C(=O)NCC#N)c1ccc(OCc2ccccc2)cc1. The molecule has 7 nitrogen and oxygen atoms in total. The molecule has 2 N–H and O–H groups in total. The van der Waals surface area contributed by atoms with E-state index in [4.69, 9.17) is 14.7 Å². The van der Waals surface area contributed by atoms with E-state index < -0.39 is 17.6 Å². The summed E-state index contributed by atoms with van der Waals surface area (Å²) in [5, 5.41) is 13.9. The molecule has 0 aliphatic rings. The molecule has 0 heterocycles. The van der Waals surface area contributed by atoms with Crippen molar-refractivity contribution in [1.82, 2.24) is 10.6 Å². The number of ether oxygens (including phenoxy) is 2. The zero-order valence-electron chi connectivity index (χ0n) is 17.5. The van der Waals surface area contributed by atoms with Gasteiger partial charge in [-0.1, -0.05) is 42.5 Å². The van der Waals surface area contributed by atoms with Crippen LogP contribution in [0.4, 0.5) is 4.79 Å². The zero-order chi connectivity index (χ0) is 22.0. The number of nitrogens with zero attached hydrogens (tertiary/aromatic N) is 1. The maximum Gasteiger partial charge on any atom is 0.407 e. The Balaban J connectivity index is 2.04. The summed E-state index contributed by atoms with van der Waals surface area (Å²) in [6.07, 6.45) is -0.608. The molecule has 2 aromatic carbocycles. The minimum Gasteiger partial charge on any atom is -0.489 e. The molecule has 158 valence electrons. The average Bonchev–Trinajstić information content (AvgIpc) is 2.71. The minimum atomic E-state index is -0.672. The fourth-order valence-electron chi connectivity index (χ4n) is 2.65. The van der Waals surface area contributed by atoms with E-state index in [1.165, 1.54) is 0 Å². The highest BCUT2D eigenvalue weighted by atomic mass is 16.6. The van der Waals surface area contributed by atoms with Crippen LogP contribution in [-0.2, 0) is 16.1 Å². The number of nitriles is 1. The van der Waals surface area contributed by atoms with E-state index in [-0.39, 0.29) is 19.0 Å². The van der Waals surface area contributed by atoms with Crippen molar-refractivity contribution in [3.05, 3.63) is 65.7 Å². The molecule has 2 aromatic rings. The third kappa shape index (κ3) is 7.84. The van der Waals surface area contributed by atoms with Crippen LogP contribution in [0.5, 0.6) is 5.75 Å². The first kappa shape index (κ1) is 22.8. The fourth-order valence-corrected chi connectivity index (χ4v) is 2.65. The van der Waals surface area contributed by atoms with Crippen molar-refractivity contribution in [2.75, 3.05) is 13.1 Å². The number of alkyl carbamates (subject to hydrolysis) is 1. The summed E-state index contributed by atoms with van der Waals surface area (Å²) in [5.74, 6) is -0.363. The van der Waals surface area contributed by atoms with Crippen LogP contribution in [-0.4, -0.2) is 30.7 Å². The maximum atomic E-state index is 12.5. The lowest BCUT2D eigenvalue weighted by Gasteiger charge is -2.22. The van der Waals surface area contributed by atoms with Crippen LogP contribution in [0.1, 0.15) is 37.8 Å². The van der Waals surface area contributed by atoms with Gasteiger partial charge in [-0.3, -0.25) is 4.79 Å². The van der Waals surface area contributed by atoms with E-state index in [2.05, 4.69) is 10.6 Å². The van der Waals surface area contributed by atoms with Crippen LogP contribution in [0, 0.1) is 11.3 Å². The molecule has 1 atom stereocenters. The summed E-state index contributed by atoms with van der Waals surface area (Å²) in [6, 6.07) is 18.8. The van der Waals surface area contributed by atoms with Gasteiger partial charge in [-0.2, -0.15) is 5.26 Å². The molecule has 7 heteroatoms. The molecule has 0 aliphatic heterocycles. The monoisotopic (exact) mass is 409 g/mol. The summed E-state index contributed by atoms with van der Waals surface area (Å²) in [6.45, 7) is 5.65. The smallest absolute Gasteiger partial charge is 0.407 e. The Morgan fingerprint density at radius 1 is 1.03 bits per heavy atom. The first-order valence-electron chi connectivity index (χ1n) is 9.66. The molecule has 0 radical (unpaired) electrons. The molecule has 0 fully saturated rings. The second kappa shape index (κ2) is 10.9. The normalized spacial score (nSPS) is 11.7. The molecule has 1 unspecified atom stereocenters. The van der Waals surface area contributed by atoms with Gasteiger partial charge in [0, 0.05) is 6.54 Å². The number of carbonyl (C=O) groups is 2. The van der Waals surface area contributed by atoms with Crippen molar-refractivity contribution in [3.63, 3.8) is 0 Å². The van der Waals surface area contributed by atoms with Gasteiger partial charge in [0.2, 0.25) is 5.91 Å². The van der Waals surface area contributed by atoms with Crippen LogP contribution in [0.25, 0.3) is 0 Å². The maximum absolute atomic E-state index is 12.5. The molecular formula is C23H27N3O4. The summed E-state index contributed by atoms with van der Waals surface area (Å²) in [5.41, 5.74) is 1.10.